The SMILES string of the molecule is CCCNc1cc(-c2ccc(Cl)cc2)nc(CCC)n1. The molecule has 1 heterocycles. The zero-order valence-corrected chi connectivity index (χ0v) is 12.7. The molecule has 0 fully saturated rings. The van der Waals surface area contributed by atoms with Crippen molar-refractivity contribution in [3.05, 3.63) is 41.2 Å². The summed E-state index contributed by atoms with van der Waals surface area (Å²) < 4.78 is 0. The smallest absolute Gasteiger partial charge is 0.131 e. The molecule has 0 aliphatic heterocycles. The van der Waals surface area contributed by atoms with Crippen LogP contribution in [-0.2, 0) is 6.42 Å². The number of aryl methyl sites for hydroxylation is 1. The van der Waals surface area contributed by atoms with Gasteiger partial charge in [-0.3, -0.25) is 0 Å². The maximum absolute atomic E-state index is 5.93. The highest BCUT2D eigenvalue weighted by Gasteiger charge is 2.06. The Balaban J connectivity index is 2.34. The zero-order chi connectivity index (χ0) is 14.4. The van der Waals surface area contributed by atoms with Gasteiger partial charge in [0, 0.05) is 29.6 Å². The molecular weight excluding hydrogens is 270 g/mol. The number of aromatic nitrogens is 2. The molecule has 0 saturated carbocycles. The van der Waals surface area contributed by atoms with Crippen molar-refractivity contribution in [2.75, 3.05) is 11.9 Å². The minimum atomic E-state index is 0.737. The summed E-state index contributed by atoms with van der Waals surface area (Å²) in [7, 11) is 0. The fourth-order valence-electron chi connectivity index (χ4n) is 1.94. The first-order chi connectivity index (χ1) is 9.72. The molecule has 20 heavy (non-hydrogen) atoms. The summed E-state index contributed by atoms with van der Waals surface area (Å²) in [6.45, 7) is 5.20. The topological polar surface area (TPSA) is 37.8 Å². The van der Waals surface area contributed by atoms with Crippen LogP contribution in [-0.4, -0.2) is 16.5 Å². The zero-order valence-electron chi connectivity index (χ0n) is 12.0. The number of nitrogens with zero attached hydrogens (tertiary/aromatic N) is 2. The van der Waals surface area contributed by atoms with Gasteiger partial charge in [0.05, 0.1) is 5.69 Å². The lowest BCUT2D eigenvalue weighted by atomic mass is 10.1. The number of anilines is 1. The van der Waals surface area contributed by atoms with Gasteiger partial charge in [-0.25, -0.2) is 9.97 Å². The average Bonchev–Trinajstić information content (AvgIpc) is 2.46. The number of hydrogen-bond donors (Lipinski definition) is 1. The summed E-state index contributed by atoms with van der Waals surface area (Å²) in [6, 6.07) is 9.75. The monoisotopic (exact) mass is 289 g/mol. The molecule has 3 nitrogen and oxygen atoms in total. The summed E-state index contributed by atoms with van der Waals surface area (Å²) in [5.74, 6) is 1.79. The number of nitrogens with one attached hydrogen (secondary N) is 1. The molecule has 1 N–H and O–H groups in total. The maximum Gasteiger partial charge on any atom is 0.131 e. The Morgan fingerprint density at radius 3 is 2.45 bits per heavy atom. The Morgan fingerprint density at radius 2 is 1.80 bits per heavy atom. The van der Waals surface area contributed by atoms with E-state index in [0.29, 0.717) is 0 Å². The standard InChI is InChI=1S/C16H20ClN3/c1-3-5-15-19-14(11-16(20-15)18-10-4-2)12-6-8-13(17)9-7-12/h6-9,11H,3-5,10H2,1-2H3,(H,18,19,20). The van der Waals surface area contributed by atoms with Gasteiger partial charge >= 0.3 is 0 Å². The molecule has 4 heteroatoms. The third-order valence-corrected chi connectivity index (χ3v) is 3.19. The quantitative estimate of drug-likeness (QED) is 0.846. The highest BCUT2D eigenvalue weighted by Crippen LogP contribution is 2.22. The molecule has 0 unspecified atom stereocenters. The van der Waals surface area contributed by atoms with E-state index in [9.17, 15) is 0 Å². The molecule has 2 aromatic rings. The lowest BCUT2D eigenvalue weighted by Gasteiger charge is -2.09. The molecule has 1 aromatic carbocycles. The molecule has 1 aromatic heterocycles. The fraction of sp³-hybridized carbons (Fsp3) is 0.375. The van der Waals surface area contributed by atoms with Gasteiger partial charge in [-0.15, -0.1) is 0 Å². The van der Waals surface area contributed by atoms with Crippen molar-refractivity contribution in [2.45, 2.75) is 33.1 Å². The second kappa shape index (κ2) is 7.25. The van der Waals surface area contributed by atoms with Crippen LogP contribution in [0.3, 0.4) is 0 Å². The van der Waals surface area contributed by atoms with Gasteiger partial charge in [0.15, 0.2) is 0 Å². The van der Waals surface area contributed by atoms with Gasteiger partial charge in [0.2, 0.25) is 0 Å². The van der Waals surface area contributed by atoms with Gasteiger partial charge in [-0.1, -0.05) is 37.6 Å². The summed E-state index contributed by atoms with van der Waals surface area (Å²) in [4.78, 5) is 9.19. The van der Waals surface area contributed by atoms with Crippen LogP contribution in [0, 0.1) is 0 Å². The van der Waals surface area contributed by atoms with Crippen LogP contribution in [0.1, 0.15) is 32.5 Å². The second-order valence-corrected chi connectivity index (χ2v) is 5.17. The molecule has 0 spiro atoms. The van der Waals surface area contributed by atoms with E-state index in [1.807, 2.05) is 30.3 Å². The van der Waals surface area contributed by atoms with Crippen LogP contribution in [0.4, 0.5) is 5.82 Å². The maximum atomic E-state index is 5.93. The predicted octanol–water partition coefficient (Wildman–Crippen LogP) is 4.57. The molecule has 2 rings (SSSR count). The molecule has 0 saturated heterocycles. The third-order valence-electron chi connectivity index (χ3n) is 2.94. The molecule has 106 valence electrons. The largest absolute Gasteiger partial charge is 0.370 e. The summed E-state index contributed by atoms with van der Waals surface area (Å²) >= 11 is 5.93. The molecule has 0 aliphatic carbocycles. The highest BCUT2D eigenvalue weighted by molar-refractivity contribution is 6.30. The van der Waals surface area contributed by atoms with Crippen molar-refractivity contribution in [1.29, 1.82) is 0 Å². The van der Waals surface area contributed by atoms with E-state index in [-0.39, 0.29) is 0 Å². The first-order valence-corrected chi connectivity index (χ1v) is 7.48. The summed E-state index contributed by atoms with van der Waals surface area (Å²) in [6.07, 6.45) is 3.00. The average molecular weight is 290 g/mol. The van der Waals surface area contributed by atoms with Crippen LogP contribution in [0.15, 0.2) is 30.3 Å². The fourth-order valence-corrected chi connectivity index (χ4v) is 2.07. The summed E-state index contributed by atoms with van der Waals surface area (Å²) in [5, 5.41) is 4.07. The van der Waals surface area contributed by atoms with Crippen molar-refractivity contribution in [3.8, 4) is 11.3 Å². The van der Waals surface area contributed by atoms with E-state index < -0.39 is 0 Å². The number of benzene rings is 1. The van der Waals surface area contributed by atoms with Crippen LogP contribution >= 0.6 is 11.6 Å². The minimum Gasteiger partial charge on any atom is -0.370 e. The van der Waals surface area contributed by atoms with Gasteiger partial charge in [-0.2, -0.15) is 0 Å². The van der Waals surface area contributed by atoms with E-state index >= 15 is 0 Å². The van der Waals surface area contributed by atoms with E-state index in [1.165, 1.54) is 0 Å². The molecule has 0 radical (unpaired) electrons. The van der Waals surface area contributed by atoms with Crippen LogP contribution in [0.5, 0.6) is 0 Å². The summed E-state index contributed by atoms with van der Waals surface area (Å²) in [5.41, 5.74) is 2.01. The third kappa shape index (κ3) is 3.94. The van der Waals surface area contributed by atoms with E-state index in [1.54, 1.807) is 0 Å². The normalized spacial score (nSPS) is 10.6. The van der Waals surface area contributed by atoms with Crippen molar-refractivity contribution < 1.29 is 0 Å². The molecule has 0 amide bonds. The Bertz CT molecular complexity index is 552. The van der Waals surface area contributed by atoms with Crippen molar-refractivity contribution in [1.82, 2.24) is 9.97 Å². The number of halogens is 1. The van der Waals surface area contributed by atoms with Crippen molar-refractivity contribution in [2.24, 2.45) is 0 Å². The number of rotatable bonds is 6. The Kier molecular flexibility index (Phi) is 5.36. The van der Waals surface area contributed by atoms with E-state index in [2.05, 4.69) is 29.1 Å². The first kappa shape index (κ1) is 14.8. The predicted molar refractivity (Wildman–Crippen MR) is 85.3 cm³/mol. The van der Waals surface area contributed by atoms with Crippen molar-refractivity contribution >= 4 is 17.4 Å². The Morgan fingerprint density at radius 1 is 1.05 bits per heavy atom. The first-order valence-electron chi connectivity index (χ1n) is 7.10. The van der Waals surface area contributed by atoms with Gasteiger partial charge in [-0.05, 0) is 25.0 Å². The van der Waals surface area contributed by atoms with E-state index in [4.69, 9.17) is 11.6 Å². The van der Waals surface area contributed by atoms with Crippen molar-refractivity contribution in [3.63, 3.8) is 0 Å². The van der Waals surface area contributed by atoms with E-state index in [0.717, 1.165) is 53.7 Å². The van der Waals surface area contributed by atoms with Crippen LogP contribution in [0.25, 0.3) is 11.3 Å². The molecule has 0 aliphatic rings. The van der Waals surface area contributed by atoms with Crippen LogP contribution < -0.4 is 5.32 Å². The minimum absolute atomic E-state index is 0.737. The lowest BCUT2D eigenvalue weighted by Crippen LogP contribution is -2.06. The van der Waals surface area contributed by atoms with Gasteiger partial charge in [0.25, 0.3) is 0 Å². The Labute approximate surface area is 125 Å². The second-order valence-electron chi connectivity index (χ2n) is 4.74. The molecular formula is C16H20ClN3. The molecule has 0 bridgehead atoms. The molecule has 0 atom stereocenters. The number of hydrogen-bond acceptors (Lipinski definition) is 3. The van der Waals surface area contributed by atoms with Crippen LogP contribution in [0.2, 0.25) is 5.02 Å². The van der Waals surface area contributed by atoms with Gasteiger partial charge < -0.3 is 5.32 Å². The van der Waals surface area contributed by atoms with Gasteiger partial charge in [0.1, 0.15) is 11.6 Å². The Hall–Kier alpha value is -1.61. The highest BCUT2D eigenvalue weighted by atomic mass is 35.5. The lowest BCUT2D eigenvalue weighted by molar-refractivity contribution is 0.834.